The van der Waals surface area contributed by atoms with Gasteiger partial charge in [-0.25, -0.2) is 0 Å². The number of carbonyl (C=O) groups excluding carboxylic acids is 2. The minimum atomic E-state index is -0.769. The molecule has 7 heteroatoms. The molecular formula is C23H27N5O2. The third kappa shape index (κ3) is 5.82. The van der Waals surface area contributed by atoms with Crippen molar-refractivity contribution in [2.45, 2.75) is 12.8 Å². The molecule has 0 aromatic heterocycles. The fourth-order valence-electron chi connectivity index (χ4n) is 3.38. The quantitative estimate of drug-likeness (QED) is 0.567. The molecule has 1 saturated heterocycles. The van der Waals surface area contributed by atoms with E-state index < -0.39 is 11.8 Å². The van der Waals surface area contributed by atoms with Gasteiger partial charge in [-0.3, -0.25) is 9.59 Å². The van der Waals surface area contributed by atoms with E-state index in [1.165, 1.54) is 11.3 Å². The van der Waals surface area contributed by atoms with Crippen LogP contribution in [0.1, 0.15) is 17.5 Å². The van der Waals surface area contributed by atoms with Crippen LogP contribution in [0.4, 0.5) is 11.4 Å². The molecule has 30 heavy (non-hydrogen) atoms. The van der Waals surface area contributed by atoms with E-state index in [1.807, 2.05) is 6.07 Å². The Labute approximate surface area is 177 Å². The van der Waals surface area contributed by atoms with Crippen molar-refractivity contribution in [3.8, 4) is 6.07 Å². The summed E-state index contributed by atoms with van der Waals surface area (Å²) < 4.78 is 0. The summed E-state index contributed by atoms with van der Waals surface area (Å²) >= 11 is 0. The highest BCUT2D eigenvalue weighted by atomic mass is 16.2. The second-order valence-electron chi connectivity index (χ2n) is 7.43. The van der Waals surface area contributed by atoms with Gasteiger partial charge in [-0.05, 0) is 49.7 Å². The summed E-state index contributed by atoms with van der Waals surface area (Å²) in [5.74, 6) is -1.47. The first-order chi connectivity index (χ1) is 14.6. The fraction of sp³-hybridized carbons (Fsp3) is 0.348. The van der Waals surface area contributed by atoms with Crippen LogP contribution < -0.4 is 15.5 Å². The number of hydrogen-bond donors (Lipinski definition) is 2. The number of carbonyl (C=O) groups is 2. The normalized spacial score (nSPS) is 14.1. The van der Waals surface area contributed by atoms with Crippen LogP contribution in [-0.2, 0) is 16.0 Å². The first-order valence-corrected chi connectivity index (χ1v) is 10.2. The molecule has 0 saturated carbocycles. The predicted octanol–water partition coefficient (Wildman–Crippen LogP) is 2.00. The molecule has 2 aromatic carbocycles. The zero-order valence-electron chi connectivity index (χ0n) is 17.2. The first-order valence-electron chi connectivity index (χ1n) is 10.2. The number of para-hydroxylation sites is 1. The second kappa shape index (κ2) is 10.4. The lowest BCUT2D eigenvalue weighted by Crippen LogP contribution is -2.44. The molecule has 0 bridgehead atoms. The van der Waals surface area contributed by atoms with Gasteiger partial charge in [0.05, 0.1) is 11.3 Å². The van der Waals surface area contributed by atoms with Crippen molar-refractivity contribution in [2.75, 3.05) is 50.0 Å². The number of nitrogens with one attached hydrogen (secondary N) is 2. The van der Waals surface area contributed by atoms with Gasteiger partial charge in [-0.15, -0.1) is 0 Å². The maximum Gasteiger partial charge on any atom is 0.313 e. The molecule has 156 valence electrons. The van der Waals surface area contributed by atoms with Gasteiger partial charge in [0, 0.05) is 38.4 Å². The van der Waals surface area contributed by atoms with Gasteiger partial charge >= 0.3 is 11.8 Å². The topological polar surface area (TPSA) is 88.5 Å². The van der Waals surface area contributed by atoms with E-state index in [2.05, 4.69) is 51.7 Å². The zero-order chi connectivity index (χ0) is 21.3. The molecule has 7 nitrogen and oxygen atoms in total. The van der Waals surface area contributed by atoms with Crippen LogP contribution in [0.25, 0.3) is 0 Å². The van der Waals surface area contributed by atoms with Crippen molar-refractivity contribution >= 4 is 23.2 Å². The Bertz CT molecular complexity index is 912. The summed E-state index contributed by atoms with van der Waals surface area (Å²) in [7, 11) is 2.15. The number of rotatable bonds is 6. The summed E-state index contributed by atoms with van der Waals surface area (Å²) in [6.07, 6.45) is 1.56. The Balaban J connectivity index is 1.39. The first kappa shape index (κ1) is 21.3. The summed E-state index contributed by atoms with van der Waals surface area (Å²) in [5, 5.41) is 14.2. The standard InChI is InChI=1S/C23H27N5O2/c1-27-13-15-28(16-14-27)20-10-8-18(9-11-20)5-4-12-25-22(29)23(30)26-21-7-3-2-6-19(21)17-24/h2-3,6-11H,4-5,12-16H2,1H3,(H,25,29)(H,26,30). The number of aryl methyl sites for hydroxylation is 1. The van der Waals surface area contributed by atoms with Crippen LogP contribution in [0.2, 0.25) is 0 Å². The van der Waals surface area contributed by atoms with Crippen LogP contribution in [0.15, 0.2) is 48.5 Å². The van der Waals surface area contributed by atoms with E-state index >= 15 is 0 Å². The smallest absolute Gasteiger partial charge is 0.313 e. The van der Waals surface area contributed by atoms with Crippen LogP contribution >= 0.6 is 0 Å². The maximum atomic E-state index is 12.0. The molecule has 0 spiro atoms. The maximum absolute atomic E-state index is 12.0. The van der Waals surface area contributed by atoms with Crippen molar-refractivity contribution in [1.82, 2.24) is 10.2 Å². The number of benzene rings is 2. The van der Waals surface area contributed by atoms with E-state index in [1.54, 1.807) is 24.3 Å². The van der Waals surface area contributed by atoms with Gasteiger partial charge < -0.3 is 20.4 Å². The molecule has 0 unspecified atom stereocenters. The van der Waals surface area contributed by atoms with E-state index in [-0.39, 0.29) is 0 Å². The SMILES string of the molecule is CN1CCN(c2ccc(CCCNC(=O)C(=O)Nc3ccccc3C#N)cc2)CC1. The van der Waals surface area contributed by atoms with Crippen molar-refractivity contribution in [3.05, 3.63) is 59.7 Å². The minimum Gasteiger partial charge on any atom is -0.369 e. The number of piperazine rings is 1. The highest BCUT2D eigenvalue weighted by Crippen LogP contribution is 2.17. The van der Waals surface area contributed by atoms with Crippen molar-refractivity contribution < 1.29 is 9.59 Å². The lowest BCUT2D eigenvalue weighted by Gasteiger charge is -2.34. The Morgan fingerprint density at radius 2 is 1.70 bits per heavy atom. The summed E-state index contributed by atoms with van der Waals surface area (Å²) in [6.45, 7) is 4.66. The molecule has 2 aromatic rings. The molecule has 1 aliphatic heterocycles. The molecule has 0 radical (unpaired) electrons. The monoisotopic (exact) mass is 405 g/mol. The molecule has 0 aliphatic carbocycles. The highest BCUT2D eigenvalue weighted by molar-refractivity contribution is 6.39. The number of hydrogen-bond acceptors (Lipinski definition) is 5. The Morgan fingerprint density at radius 1 is 1.00 bits per heavy atom. The average Bonchev–Trinajstić information content (AvgIpc) is 2.78. The number of likely N-dealkylation sites (N-methyl/N-ethyl adjacent to an activating group) is 1. The molecular weight excluding hydrogens is 378 g/mol. The van der Waals surface area contributed by atoms with Gasteiger partial charge in [0.1, 0.15) is 6.07 Å². The molecule has 1 heterocycles. The number of anilines is 2. The van der Waals surface area contributed by atoms with E-state index in [0.29, 0.717) is 17.8 Å². The lowest BCUT2D eigenvalue weighted by molar-refractivity contribution is -0.136. The van der Waals surface area contributed by atoms with Crippen LogP contribution in [0, 0.1) is 11.3 Å². The molecule has 0 atom stereocenters. The summed E-state index contributed by atoms with van der Waals surface area (Å²) in [4.78, 5) is 28.7. The Morgan fingerprint density at radius 3 is 2.40 bits per heavy atom. The van der Waals surface area contributed by atoms with Crippen molar-refractivity contribution in [2.24, 2.45) is 0 Å². The highest BCUT2D eigenvalue weighted by Gasteiger charge is 2.15. The molecule has 1 fully saturated rings. The Hall–Kier alpha value is -3.37. The fourth-order valence-corrected chi connectivity index (χ4v) is 3.38. The van der Waals surface area contributed by atoms with E-state index in [4.69, 9.17) is 5.26 Å². The Kier molecular flexibility index (Phi) is 7.41. The van der Waals surface area contributed by atoms with Gasteiger partial charge in [0.2, 0.25) is 0 Å². The third-order valence-electron chi connectivity index (χ3n) is 5.23. The van der Waals surface area contributed by atoms with Gasteiger partial charge in [0.25, 0.3) is 0 Å². The number of nitriles is 1. The largest absolute Gasteiger partial charge is 0.369 e. The average molecular weight is 406 g/mol. The van der Waals surface area contributed by atoms with Crippen molar-refractivity contribution in [3.63, 3.8) is 0 Å². The lowest BCUT2D eigenvalue weighted by atomic mass is 10.1. The predicted molar refractivity (Wildman–Crippen MR) is 117 cm³/mol. The summed E-state index contributed by atoms with van der Waals surface area (Å²) in [6, 6.07) is 17.1. The van der Waals surface area contributed by atoms with Crippen LogP contribution in [-0.4, -0.2) is 56.5 Å². The van der Waals surface area contributed by atoms with Gasteiger partial charge in [0.15, 0.2) is 0 Å². The zero-order valence-corrected chi connectivity index (χ0v) is 17.2. The summed E-state index contributed by atoms with van der Waals surface area (Å²) in [5.41, 5.74) is 3.10. The molecule has 2 amide bonds. The molecule has 1 aliphatic rings. The van der Waals surface area contributed by atoms with E-state index in [0.717, 1.165) is 39.0 Å². The molecule has 3 rings (SSSR count). The van der Waals surface area contributed by atoms with Crippen LogP contribution in [0.5, 0.6) is 0 Å². The van der Waals surface area contributed by atoms with Crippen LogP contribution in [0.3, 0.4) is 0 Å². The number of amides is 2. The molecule has 2 N–H and O–H groups in total. The van der Waals surface area contributed by atoms with Gasteiger partial charge in [-0.1, -0.05) is 24.3 Å². The minimum absolute atomic E-state index is 0.318. The van der Waals surface area contributed by atoms with E-state index in [9.17, 15) is 9.59 Å². The third-order valence-corrected chi connectivity index (χ3v) is 5.23. The number of nitrogens with zero attached hydrogens (tertiary/aromatic N) is 3. The van der Waals surface area contributed by atoms with Gasteiger partial charge in [-0.2, -0.15) is 5.26 Å². The van der Waals surface area contributed by atoms with Crippen molar-refractivity contribution in [1.29, 1.82) is 5.26 Å². The second-order valence-corrected chi connectivity index (χ2v) is 7.43.